The minimum atomic E-state index is -0.177. The maximum Gasteiger partial charge on any atom is 0.203 e. The van der Waals surface area contributed by atoms with E-state index in [-0.39, 0.29) is 6.10 Å². The molecule has 0 atom stereocenters. The zero-order valence-corrected chi connectivity index (χ0v) is 16.9. The van der Waals surface area contributed by atoms with Gasteiger partial charge in [-0.2, -0.15) is 0 Å². The smallest absolute Gasteiger partial charge is 0.203 e. The van der Waals surface area contributed by atoms with Gasteiger partial charge in [0.1, 0.15) is 5.82 Å². The van der Waals surface area contributed by atoms with Crippen LogP contribution in [0.5, 0.6) is 17.2 Å². The van der Waals surface area contributed by atoms with Crippen molar-refractivity contribution in [2.45, 2.75) is 37.8 Å². The normalized spacial score (nSPS) is 19.2. The molecule has 2 heterocycles. The van der Waals surface area contributed by atoms with Crippen LogP contribution in [0.2, 0.25) is 0 Å². The highest BCUT2D eigenvalue weighted by Gasteiger charge is 2.20. The number of aromatic nitrogens is 3. The van der Waals surface area contributed by atoms with Crippen LogP contribution in [0.3, 0.4) is 0 Å². The first kappa shape index (κ1) is 19.3. The molecule has 2 N–H and O–H groups in total. The topological polar surface area (TPSA) is 90.1 Å². The SMILES string of the molecule is COc1cc(-c2cnc3ccc(NC4CCC(O)CC4)nn23)cc(OC)c1OC. The minimum absolute atomic E-state index is 0.177. The molecule has 0 unspecified atom stereocenters. The Morgan fingerprint density at radius 1 is 1.00 bits per heavy atom. The molecule has 0 bridgehead atoms. The molecule has 0 spiro atoms. The van der Waals surface area contributed by atoms with E-state index < -0.39 is 0 Å². The summed E-state index contributed by atoms with van der Waals surface area (Å²) in [7, 11) is 4.77. The number of methoxy groups -OCH3 is 3. The molecule has 1 saturated carbocycles. The summed E-state index contributed by atoms with van der Waals surface area (Å²) < 4.78 is 18.2. The molecular formula is C21H26N4O4. The van der Waals surface area contributed by atoms with Crippen molar-refractivity contribution in [3.63, 3.8) is 0 Å². The van der Waals surface area contributed by atoms with Gasteiger partial charge in [-0.15, -0.1) is 5.10 Å². The third kappa shape index (κ3) is 3.80. The standard InChI is InChI=1S/C21H26N4O4/c1-27-17-10-13(11-18(28-2)21(17)29-3)16-12-22-20-9-8-19(24-25(16)20)23-14-4-6-15(26)7-5-14/h8-12,14-15,26H,4-7H2,1-3H3,(H,23,24). The number of ether oxygens (including phenoxy) is 3. The van der Waals surface area contributed by atoms with Crippen LogP contribution < -0.4 is 19.5 Å². The number of aliphatic hydroxyl groups is 1. The summed E-state index contributed by atoms with van der Waals surface area (Å²) >= 11 is 0. The van der Waals surface area contributed by atoms with Crippen molar-refractivity contribution in [2.75, 3.05) is 26.6 Å². The maximum atomic E-state index is 9.71. The Kier molecular flexibility index (Phi) is 5.44. The van der Waals surface area contributed by atoms with E-state index in [2.05, 4.69) is 10.3 Å². The van der Waals surface area contributed by atoms with E-state index in [1.807, 2.05) is 24.3 Å². The molecular weight excluding hydrogens is 372 g/mol. The molecule has 154 valence electrons. The van der Waals surface area contributed by atoms with Gasteiger partial charge in [-0.05, 0) is 49.9 Å². The Hall–Kier alpha value is -3.00. The van der Waals surface area contributed by atoms with Crippen molar-refractivity contribution < 1.29 is 19.3 Å². The highest BCUT2D eigenvalue weighted by atomic mass is 16.5. The van der Waals surface area contributed by atoms with Crippen LogP contribution >= 0.6 is 0 Å². The van der Waals surface area contributed by atoms with E-state index in [1.54, 1.807) is 32.0 Å². The van der Waals surface area contributed by atoms with Gasteiger partial charge >= 0.3 is 0 Å². The average molecular weight is 398 g/mol. The van der Waals surface area contributed by atoms with Gasteiger partial charge in [-0.1, -0.05) is 0 Å². The predicted octanol–water partition coefficient (Wildman–Crippen LogP) is 3.14. The first-order valence-electron chi connectivity index (χ1n) is 9.72. The van der Waals surface area contributed by atoms with E-state index >= 15 is 0 Å². The highest BCUT2D eigenvalue weighted by molar-refractivity contribution is 5.70. The van der Waals surface area contributed by atoms with Gasteiger partial charge < -0.3 is 24.6 Å². The van der Waals surface area contributed by atoms with Crippen LogP contribution in [0, 0.1) is 0 Å². The molecule has 0 radical (unpaired) electrons. The second kappa shape index (κ2) is 8.16. The summed E-state index contributed by atoms with van der Waals surface area (Å²) in [5.74, 6) is 2.48. The van der Waals surface area contributed by atoms with Gasteiger partial charge in [0.15, 0.2) is 17.1 Å². The summed E-state index contributed by atoms with van der Waals surface area (Å²) in [6.07, 6.45) is 5.12. The molecule has 1 aliphatic rings. The fourth-order valence-corrected chi connectivity index (χ4v) is 3.81. The van der Waals surface area contributed by atoms with Crippen molar-refractivity contribution in [1.29, 1.82) is 0 Å². The summed E-state index contributed by atoms with van der Waals surface area (Å²) in [6, 6.07) is 7.96. The van der Waals surface area contributed by atoms with Gasteiger partial charge in [0.05, 0.1) is 39.3 Å². The first-order chi connectivity index (χ1) is 14.1. The zero-order valence-electron chi connectivity index (χ0n) is 16.9. The number of rotatable bonds is 6. The molecule has 0 saturated heterocycles. The summed E-state index contributed by atoms with van der Waals surface area (Å²) in [5, 5.41) is 17.9. The molecule has 29 heavy (non-hydrogen) atoms. The number of nitrogens with zero attached hydrogens (tertiary/aromatic N) is 3. The number of aliphatic hydroxyl groups excluding tert-OH is 1. The summed E-state index contributed by atoms with van der Waals surface area (Å²) in [6.45, 7) is 0. The molecule has 8 heteroatoms. The Balaban J connectivity index is 1.69. The zero-order chi connectivity index (χ0) is 20.4. The van der Waals surface area contributed by atoms with Crippen LogP contribution in [0.4, 0.5) is 5.82 Å². The van der Waals surface area contributed by atoms with E-state index in [4.69, 9.17) is 19.3 Å². The van der Waals surface area contributed by atoms with Crippen molar-refractivity contribution >= 4 is 11.5 Å². The minimum Gasteiger partial charge on any atom is -0.493 e. The molecule has 3 aromatic rings. The second-order valence-electron chi connectivity index (χ2n) is 7.20. The molecule has 1 aliphatic carbocycles. The number of nitrogens with one attached hydrogen (secondary N) is 1. The Labute approximate surface area is 169 Å². The Morgan fingerprint density at radius 3 is 2.31 bits per heavy atom. The second-order valence-corrected chi connectivity index (χ2v) is 7.20. The summed E-state index contributed by atoms with van der Waals surface area (Å²) in [4.78, 5) is 4.47. The Morgan fingerprint density at radius 2 is 1.69 bits per heavy atom. The maximum absolute atomic E-state index is 9.71. The lowest BCUT2D eigenvalue weighted by molar-refractivity contribution is 0.126. The number of benzene rings is 1. The van der Waals surface area contributed by atoms with Crippen LogP contribution in [0.15, 0.2) is 30.5 Å². The molecule has 8 nitrogen and oxygen atoms in total. The first-order valence-corrected chi connectivity index (χ1v) is 9.72. The van der Waals surface area contributed by atoms with E-state index in [9.17, 15) is 5.11 Å². The number of hydrogen-bond acceptors (Lipinski definition) is 7. The van der Waals surface area contributed by atoms with Gasteiger partial charge in [-0.25, -0.2) is 9.50 Å². The van der Waals surface area contributed by atoms with Crippen LogP contribution in [0.25, 0.3) is 16.9 Å². The lowest BCUT2D eigenvalue weighted by atomic mass is 9.93. The Bertz CT molecular complexity index is 971. The molecule has 1 fully saturated rings. The monoisotopic (exact) mass is 398 g/mol. The van der Waals surface area contributed by atoms with E-state index in [1.165, 1.54) is 0 Å². The van der Waals surface area contributed by atoms with Gasteiger partial charge in [-0.3, -0.25) is 0 Å². The lowest BCUT2D eigenvalue weighted by Gasteiger charge is -2.26. The summed E-state index contributed by atoms with van der Waals surface area (Å²) in [5.41, 5.74) is 2.43. The third-order valence-corrected chi connectivity index (χ3v) is 5.37. The quantitative estimate of drug-likeness (QED) is 0.659. The fraction of sp³-hybridized carbons (Fsp3) is 0.429. The third-order valence-electron chi connectivity index (χ3n) is 5.37. The molecule has 0 aliphatic heterocycles. The van der Waals surface area contributed by atoms with Crippen molar-refractivity contribution in [3.8, 4) is 28.5 Å². The number of anilines is 1. The van der Waals surface area contributed by atoms with Gasteiger partial charge in [0, 0.05) is 11.6 Å². The van der Waals surface area contributed by atoms with Crippen LogP contribution in [0.1, 0.15) is 25.7 Å². The number of hydrogen-bond donors (Lipinski definition) is 2. The molecule has 2 aromatic heterocycles. The van der Waals surface area contributed by atoms with Crippen molar-refractivity contribution in [2.24, 2.45) is 0 Å². The van der Waals surface area contributed by atoms with Crippen molar-refractivity contribution in [1.82, 2.24) is 14.6 Å². The fourth-order valence-electron chi connectivity index (χ4n) is 3.81. The van der Waals surface area contributed by atoms with Crippen LogP contribution in [-0.2, 0) is 0 Å². The van der Waals surface area contributed by atoms with E-state index in [0.29, 0.717) is 23.3 Å². The van der Waals surface area contributed by atoms with Crippen LogP contribution in [-0.4, -0.2) is 53.2 Å². The van der Waals surface area contributed by atoms with Gasteiger partial charge in [0.2, 0.25) is 5.75 Å². The average Bonchev–Trinajstić information content (AvgIpc) is 3.17. The number of fused-ring (bicyclic) bond motifs is 1. The lowest BCUT2D eigenvalue weighted by Crippen LogP contribution is -2.28. The van der Waals surface area contributed by atoms with E-state index in [0.717, 1.165) is 48.4 Å². The largest absolute Gasteiger partial charge is 0.493 e. The molecule has 4 rings (SSSR count). The predicted molar refractivity (Wildman–Crippen MR) is 110 cm³/mol. The molecule has 0 amide bonds. The number of imidazole rings is 1. The molecule has 1 aromatic carbocycles. The highest BCUT2D eigenvalue weighted by Crippen LogP contribution is 2.41. The van der Waals surface area contributed by atoms with Gasteiger partial charge in [0.25, 0.3) is 0 Å². The van der Waals surface area contributed by atoms with Crippen molar-refractivity contribution in [3.05, 3.63) is 30.5 Å².